The minimum atomic E-state index is -0.342. The second-order valence-electron chi connectivity index (χ2n) is 8.10. The Kier molecular flexibility index (Phi) is 6.14. The summed E-state index contributed by atoms with van der Waals surface area (Å²) < 4.78 is 2.51. The molecule has 2 aromatic heterocycles. The summed E-state index contributed by atoms with van der Waals surface area (Å²) in [5.74, 6) is 0. The lowest BCUT2D eigenvalue weighted by Crippen LogP contribution is -2.27. The second kappa shape index (κ2) is 8.68. The number of thioether (sulfide) groups is 1. The zero-order chi connectivity index (χ0) is 22.2. The SMILES string of the molecule is CON=C1CC(C)(C)Cc2c(-c3ccn(C(=O)Nc4cccc(Cl)c4)n3)sc(SC)c21. The number of amides is 1. The molecule has 1 aliphatic rings. The highest BCUT2D eigenvalue weighted by atomic mass is 35.5. The van der Waals surface area contributed by atoms with Crippen molar-refractivity contribution in [3.8, 4) is 10.6 Å². The zero-order valence-electron chi connectivity index (χ0n) is 17.7. The molecular formula is C22H23ClN4O2S2. The van der Waals surface area contributed by atoms with E-state index in [-0.39, 0.29) is 11.4 Å². The number of thiophene rings is 1. The minimum absolute atomic E-state index is 0.0579. The van der Waals surface area contributed by atoms with Crippen LogP contribution < -0.4 is 5.32 Å². The van der Waals surface area contributed by atoms with Gasteiger partial charge >= 0.3 is 6.03 Å². The molecule has 1 aromatic carbocycles. The summed E-state index contributed by atoms with van der Waals surface area (Å²) in [6, 6.07) is 8.56. The molecule has 0 spiro atoms. The maximum atomic E-state index is 12.7. The summed E-state index contributed by atoms with van der Waals surface area (Å²) >= 11 is 9.40. The van der Waals surface area contributed by atoms with Crippen molar-refractivity contribution >= 4 is 52.1 Å². The van der Waals surface area contributed by atoms with Crippen molar-refractivity contribution in [2.24, 2.45) is 10.6 Å². The Bertz CT molecular complexity index is 1170. The molecule has 0 fully saturated rings. The fourth-order valence-electron chi connectivity index (χ4n) is 3.83. The number of hydrogen-bond donors (Lipinski definition) is 1. The molecule has 6 nitrogen and oxygen atoms in total. The first-order valence-electron chi connectivity index (χ1n) is 9.74. The van der Waals surface area contributed by atoms with Gasteiger partial charge in [-0.3, -0.25) is 0 Å². The Hall–Kier alpha value is -2.29. The van der Waals surface area contributed by atoms with Gasteiger partial charge in [-0.05, 0) is 54.3 Å². The van der Waals surface area contributed by atoms with Crippen LogP contribution in [0.2, 0.25) is 5.02 Å². The van der Waals surface area contributed by atoms with E-state index in [0.717, 1.165) is 34.7 Å². The number of nitrogens with one attached hydrogen (secondary N) is 1. The smallest absolute Gasteiger partial charge is 0.346 e. The zero-order valence-corrected chi connectivity index (χ0v) is 20.1. The molecule has 1 amide bonds. The Balaban J connectivity index is 1.69. The molecule has 0 saturated heterocycles. The number of aromatic nitrogens is 2. The van der Waals surface area contributed by atoms with Gasteiger partial charge < -0.3 is 10.2 Å². The van der Waals surface area contributed by atoms with Gasteiger partial charge in [-0.25, -0.2) is 4.79 Å². The van der Waals surface area contributed by atoms with Crippen LogP contribution in [0.15, 0.2) is 45.9 Å². The van der Waals surface area contributed by atoms with Gasteiger partial charge in [0.15, 0.2) is 0 Å². The third kappa shape index (κ3) is 4.51. The molecule has 9 heteroatoms. The van der Waals surface area contributed by atoms with E-state index in [9.17, 15) is 4.79 Å². The predicted molar refractivity (Wildman–Crippen MR) is 129 cm³/mol. The van der Waals surface area contributed by atoms with Crippen LogP contribution in [0, 0.1) is 5.41 Å². The molecule has 0 radical (unpaired) electrons. The Morgan fingerprint density at radius 3 is 2.87 bits per heavy atom. The number of oxime groups is 1. The molecular weight excluding hydrogens is 452 g/mol. The van der Waals surface area contributed by atoms with E-state index in [2.05, 4.69) is 35.7 Å². The van der Waals surface area contributed by atoms with Crippen LogP contribution in [0.3, 0.4) is 0 Å². The largest absolute Gasteiger partial charge is 0.399 e. The van der Waals surface area contributed by atoms with Crippen LogP contribution in [0.4, 0.5) is 10.5 Å². The second-order valence-corrected chi connectivity index (χ2v) is 10.6. The Morgan fingerprint density at radius 1 is 1.35 bits per heavy atom. The van der Waals surface area contributed by atoms with Crippen molar-refractivity contribution < 1.29 is 9.63 Å². The fraction of sp³-hybridized carbons (Fsp3) is 0.318. The molecule has 0 unspecified atom stereocenters. The standard InChI is InChI=1S/C22H23ClN4O2S2/c1-22(2)11-15-18(17(12-22)26-29-3)20(30-4)31-19(15)16-8-9-27(25-16)21(28)24-14-7-5-6-13(23)10-14/h5-10H,11-12H2,1-4H3,(H,24,28). The normalized spacial score (nSPS) is 16.2. The number of rotatable bonds is 4. The van der Waals surface area contributed by atoms with Crippen molar-refractivity contribution in [2.45, 2.75) is 30.9 Å². The first-order chi connectivity index (χ1) is 14.8. The number of anilines is 1. The third-order valence-corrected chi connectivity index (χ3v) is 7.67. The highest BCUT2D eigenvalue weighted by Crippen LogP contribution is 2.48. The van der Waals surface area contributed by atoms with E-state index >= 15 is 0 Å². The van der Waals surface area contributed by atoms with Gasteiger partial charge in [0.05, 0.1) is 14.8 Å². The van der Waals surface area contributed by atoms with Gasteiger partial charge in [-0.15, -0.1) is 23.1 Å². The van der Waals surface area contributed by atoms with Crippen molar-refractivity contribution in [1.29, 1.82) is 0 Å². The molecule has 1 aliphatic carbocycles. The number of hydrogen-bond acceptors (Lipinski definition) is 6. The van der Waals surface area contributed by atoms with Gasteiger partial charge in [-0.1, -0.05) is 36.7 Å². The topological polar surface area (TPSA) is 68.5 Å². The lowest BCUT2D eigenvalue weighted by Gasteiger charge is -2.31. The van der Waals surface area contributed by atoms with E-state index in [4.69, 9.17) is 16.4 Å². The van der Waals surface area contributed by atoms with Crippen molar-refractivity contribution in [2.75, 3.05) is 18.7 Å². The summed E-state index contributed by atoms with van der Waals surface area (Å²) in [7, 11) is 1.58. The quantitative estimate of drug-likeness (QED) is 0.351. The van der Waals surface area contributed by atoms with Gasteiger partial charge in [0, 0.05) is 22.5 Å². The third-order valence-electron chi connectivity index (χ3n) is 5.06. The van der Waals surface area contributed by atoms with E-state index in [1.807, 2.05) is 6.07 Å². The number of benzene rings is 1. The highest BCUT2D eigenvalue weighted by molar-refractivity contribution is 8.00. The van der Waals surface area contributed by atoms with Crippen LogP contribution in [0.25, 0.3) is 10.6 Å². The monoisotopic (exact) mass is 474 g/mol. The van der Waals surface area contributed by atoms with Gasteiger partial charge in [0.1, 0.15) is 12.8 Å². The van der Waals surface area contributed by atoms with Crippen LogP contribution in [0.5, 0.6) is 0 Å². The molecule has 0 aliphatic heterocycles. The van der Waals surface area contributed by atoms with E-state index in [0.29, 0.717) is 10.7 Å². The van der Waals surface area contributed by atoms with Gasteiger partial charge in [0.2, 0.25) is 0 Å². The molecule has 3 aromatic rings. The van der Waals surface area contributed by atoms with Crippen LogP contribution in [0.1, 0.15) is 31.4 Å². The highest BCUT2D eigenvalue weighted by Gasteiger charge is 2.36. The average molecular weight is 475 g/mol. The summed E-state index contributed by atoms with van der Waals surface area (Å²) in [6.07, 6.45) is 5.52. The molecule has 2 heterocycles. The van der Waals surface area contributed by atoms with Crippen LogP contribution in [-0.2, 0) is 11.3 Å². The number of nitrogens with zero attached hydrogens (tertiary/aromatic N) is 3. The molecule has 0 saturated carbocycles. The van der Waals surface area contributed by atoms with Crippen molar-refractivity contribution in [1.82, 2.24) is 9.78 Å². The van der Waals surface area contributed by atoms with E-state index in [1.54, 1.807) is 60.7 Å². The summed E-state index contributed by atoms with van der Waals surface area (Å²) in [5.41, 5.74) is 4.81. The summed E-state index contributed by atoms with van der Waals surface area (Å²) in [5, 5.41) is 12.3. The maximum Gasteiger partial charge on any atom is 0.346 e. The average Bonchev–Trinajstić information content (AvgIpc) is 3.32. The van der Waals surface area contributed by atoms with E-state index < -0.39 is 0 Å². The molecule has 31 heavy (non-hydrogen) atoms. The molecule has 0 atom stereocenters. The van der Waals surface area contributed by atoms with Crippen LogP contribution >= 0.6 is 34.7 Å². The lowest BCUT2D eigenvalue weighted by atomic mass is 9.74. The maximum absolute atomic E-state index is 12.7. The van der Waals surface area contributed by atoms with Crippen LogP contribution in [-0.4, -0.2) is 34.9 Å². The molecule has 162 valence electrons. The van der Waals surface area contributed by atoms with E-state index in [1.165, 1.54) is 14.5 Å². The first kappa shape index (κ1) is 21.9. The number of fused-ring (bicyclic) bond motifs is 1. The summed E-state index contributed by atoms with van der Waals surface area (Å²) in [6.45, 7) is 4.47. The van der Waals surface area contributed by atoms with Gasteiger partial charge in [-0.2, -0.15) is 9.78 Å². The first-order valence-corrected chi connectivity index (χ1v) is 12.2. The fourth-order valence-corrected chi connectivity index (χ4v) is 6.09. The number of carbonyl (C=O) groups excluding carboxylic acids is 1. The predicted octanol–water partition coefficient (Wildman–Crippen LogP) is 6.39. The molecule has 0 bridgehead atoms. The lowest BCUT2D eigenvalue weighted by molar-refractivity contribution is 0.210. The Labute approximate surface area is 194 Å². The van der Waals surface area contributed by atoms with Gasteiger partial charge in [0.25, 0.3) is 0 Å². The Morgan fingerprint density at radius 2 is 2.16 bits per heavy atom. The van der Waals surface area contributed by atoms with Crippen molar-refractivity contribution in [3.05, 3.63) is 52.7 Å². The molecule has 4 rings (SSSR count). The van der Waals surface area contributed by atoms with Crippen molar-refractivity contribution in [3.63, 3.8) is 0 Å². The molecule has 1 N–H and O–H groups in total. The minimum Gasteiger partial charge on any atom is -0.399 e. The summed E-state index contributed by atoms with van der Waals surface area (Å²) in [4.78, 5) is 18.9. The number of carbonyl (C=O) groups is 1. The number of halogens is 1.